The minimum absolute atomic E-state index is 0.101. The Morgan fingerprint density at radius 3 is 2.30 bits per heavy atom. The van der Waals surface area contributed by atoms with Gasteiger partial charge in [-0.15, -0.1) is 0 Å². The number of nitrogen functional groups attached to an aromatic ring is 2. The smallest absolute Gasteiger partial charge is 0.226 e. The monoisotopic (exact) mass is 272 g/mol. The molecule has 0 atom stereocenters. The highest BCUT2D eigenvalue weighted by Gasteiger charge is 2.17. The van der Waals surface area contributed by atoms with Crippen molar-refractivity contribution in [2.75, 3.05) is 11.5 Å². The van der Waals surface area contributed by atoms with E-state index in [1.165, 1.54) is 5.56 Å². The zero-order valence-corrected chi connectivity index (χ0v) is 12.1. The van der Waals surface area contributed by atoms with E-state index in [0.717, 1.165) is 6.42 Å². The number of nitrogens with zero attached hydrogens (tertiary/aromatic N) is 2. The molecule has 1 aromatic heterocycles. The first-order chi connectivity index (χ1) is 9.40. The third kappa shape index (κ3) is 3.17. The largest absolute Gasteiger partial charge is 0.439 e. The van der Waals surface area contributed by atoms with Crippen LogP contribution in [0.1, 0.15) is 32.8 Å². The summed E-state index contributed by atoms with van der Waals surface area (Å²) in [5, 5.41) is 0. The van der Waals surface area contributed by atoms with Gasteiger partial charge in [0, 0.05) is 6.07 Å². The topological polar surface area (TPSA) is 87.0 Å². The molecule has 0 bridgehead atoms. The van der Waals surface area contributed by atoms with E-state index in [-0.39, 0.29) is 17.2 Å². The fraction of sp³-hybridized carbons (Fsp3) is 0.333. The molecule has 0 radical (unpaired) electrons. The summed E-state index contributed by atoms with van der Waals surface area (Å²) < 4.78 is 5.63. The van der Waals surface area contributed by atoms with Gasteiger partial charge in [0.15, 0.2) is 0 Å². The van der Waals surface area contributed by atoms with Gasteiger partial charge in [-0.3, -0.25) is 0 Å². The molecule has 0 aliphatic carbocycles. The number of benzene rings is 1. The molecule has 0 saturated heterocycles. The lowest BCUT2D eigenvalue weighted by Gasteiger charge is -2.23. The summed E-state index contributed by atoms with van der Waals surface area (Å²) in [4.78, 5) is 7.78. The van der Waals surface area contributed by atoms with Crippen molar-refractivity contribution in [3.8, 4) is 11.6 Å². The first-order valence-corrected chi connectivity index (χ1v) is 6.59. The Labute approximate surface area is 119 Å². The average Bonchev–Trinajstić information content (AvgIpc) is 2.38. The SMILES string of the molecule is CCC(C)(C)c1ccc(Oc2cc(N)nc(N)n2)cc1. The van der Waals surface area contributed by atoms with Crippen LogP contribution < -0.4 is 16.2 Å². The number of hydrogen-bond acceptors (Lipinski definition) is 5. The maximum absolute atomic E-state index is 5.63. The minimum atomic E-state index is 0.101. The molecule has 0 saturated carbocycles. The van der Waals surface area contributed by atoms with Gasteiger partial charge in [0.25, 0.3) is 0 Å². The molecule has 0 unspecified atom stereocenters. The third-order valence-corrected chi connectivity index (χ3v) is 3.48. The number of aromatic nitrogens is 2. The van der Waals surface area contributed by atoms with Crippen molar-refractivity contribution in [1.29, 1.82) is 0 Å². The molecule has 4 N–H and O–H groups in total. The van der Waals surface area contributed by atoms with E-state index in [2.05, 4.69) is 42.9 Å². The summed E-state index contributed by atoms with van der Waals surface area (Å²) in [6.07, 6.45) is 1.08. The van der Waals surface area contributed by atoms with Crippen molar-refractivity contribution in [2.45, 2.75) is 32.6 Å². The molecule has 20 heavy (non-hydrogen) atoms. The summed E-state index contributed by atoms with van der Waals surface area (Å²) in [6.45, 7) is 6.61. The van der Waals surface area contributed by atoms with Crippen LogP contribution >= 0.6 is 0 Å². The molecule has 0 aliphatic rings. The van der Waals surface area contributed by atoms with Gasteiger partial charge in [-0.1, -0.05) is 32.9 Å². The lowest BCUT2D eigenvalue weighted by Crippen LogP contribution is -2.14. The quantitative estimate of drug-likeness (QED) is 0.892. The average molecular weight is 272 g/mol. The van der Waals surface area contributed by atoms with Crippen molar-refractivity contribution in [2.24, 2.45) is 0 Å². The Morgan fingerprint density at radius 1 is 1.10 bits per heavy atom. The van der Waals surface area contributed by atoms with Crippen LogP contribution in [-0.2, 0) is 5.41 Å². The Hall–Kier alpha value is -2.30. The van der Waals surface area contributed by atoms with Gasteiger partial charge in [-0.25, -0.2) is 0 Å². The van der Waals surface area contributed by atoms with Gasteiger partial charge >= 0.3 is 0 Å². The molecule has 0 aliphatic heterocycles. The molecular formula is C15H20N4O. The third-order valence-electron chi connectivity index (χ3n) is 3.48. The van der Waals surface area contributed by atoms with E-state index in [4.69, 9.17) is 16.2 Å². The number of anilines is 2. The van der Waals surface area contributed by atoms with Gasteiger partial charge in [-0.05, 0) is 29.5 Å². The first-order valence-electron chi connectivity index (χ1n) is 6.59. The number of nitrogens with two attached hydrogens (primary N) is 2. The fourth-order valence-electron chi connectivity index (χ4n) is 1.81. The summed E-state index contributed by atoms with van der Waals surface area (Å²) >= 11 is 0. The van der Waals surface area contributed by atoms with Crippen LogP contribution in [0.4, 0.5) is 11.8 Å². The lowest BCUT2D eigenvalue weighted by molar-refractivity contribution is 0.460. The van der Waals surface area contributed by atoms with Crippen LogP contribution in [0.2, 0.25) is 0 Å². The van der Waals surface area contributed by atoms with Gasteiger partial charge < -0.3 is 16.2 Å². The molecule has 2 rings (SSSR count). The second kappa shape index (κ2) is 5.36. The molecule has 0 fully saturated rings. The van der Waals surface area contributed by atoms with Crippen molar-refractivity contribution in [3.63, 3.8) is 0 Å². The molecule has 106 valence electrons. The van der Waals surface area contributed by atoms with Crippen molar-refractivity contribution in [3.05, 3.63) is 35.9 Å². The van der Waals surface area contributed by atoms with E-state index in [0.29, 0.717) is 11.6 Å². The summed E-state index contributed by atoms with van der Waals surface area (Å²) in [5.74, 6) is 1.43. The van der Waals surface area contributed by atoms with Crippen LogP contribution in [0.5, 0.6) is 11.6 Å². The fourth-order valence-corrected chi connectivity index (χ4v) is 1.81. The van der Waals surface area contributed by atoms with Crippen molar-refractivity contribution in [1.82, 2.24) is 9.97 Å². The van der Waals surface area contributed by atoms with Crippen LogP contribution in [0.3, 0.4) is 0 Å². The number of hydrogen-bond donors (Lipinski definition) is 2. The Bertz CT molecular complexity index is 573. The van der Waals surface area contributed by atoms with E-state index in [1.807, 2.05) is 12.1 Å². The van der Waals surface area contributed by atoms with Gasteiger partial charge in [0.05, 0.1) is 0 Å². The van der Waals surface area contributed by atoms with Gasteiger partial charge in [-0.2, -0.15) is 9.97 Å². The standard InChI is InChI=1S/C15H20N4O/c1-4-15(2,3)10-5-7-11(8-6-10)20-13-9-12(16)18-14(17)19-13/h5-9H,4H2,1-3H3,(H4,16,17,18,19). The summed E-state index contributed by atoms with van der Waals surface area (Å²) in [5.41, 5.74) is 12.6. The van der Waals surface area contributed by atoms with Crippen molar-refractivity contribution >= 4 is 11.8 Å². The summed E-state index contributed by atoms with van der Waals surface area (Å²) in [6, 6.07) is 9.50. The predicted octanol–water partition coefficient (Wildman–Crippen LogP) is 3.12. The van der Waals surface area contributed by atoms with Crippen LogP contribution in [0, 0.1) is 0 Å². The minimum Gasteiger partial charge on any atom is -0.439 e. The van der Waals surface area contributed by atoms with Gasteiger partial charge in [0.2, 0.25) is 11.8 Å². The normalized spacial score (nSPS) is 11.3. The Balaban J connectivity index is 2.19. The highest BCUT2D eigenvalue weighted by Crippen LogP contribution is 2.29. The summed E-state index contributed by atoms with van der Waals surface area (Å²) in [7, 11) is 0. The number of ether oxygens (including phenoxy) is 1. The molecule has 5 nitrogen and oxygen atoms in total. The highest BCUT2D eigenvalue weighted by atomic mass is 16.5. The number of rotatable bonds is 4. The molecule has 1 heterocycles. The maximum Gasteiger partial charge on any atom is 0.226 e. The van der Waals surface area contributed by atoms with Crippen molar-refractivity contribution < 1.29 is 4.74 Å². The Morgan fingerprint density at radius 2 is 1.75 bits per heavy atom. The van der Waals surface area contributed by atoms with Crippen LogP contribution in [-0.4, -0.2) is 9.97 Å². The molecule has 0 spiro atoms. The highest BCUT2D eigenvalue weighted by molar-refractivity contribution is 5.41. The second-order valence-electron chi connectivity index (χ2n) is 5.35. The molecule has 2 aromatic rings. The first kappa shape index (κ1) is 14.1. The second-order valence-corrected chi connectivity index (χ2v) is 5.35. The predicted molar refractivity (Wildman–Crippen MR) is 80.7 cm³/mol. The zero-order chi connectivity index (χ0) is 14.8. The van der Waals surface area contributed by atoms with Gasteiger partial charge in [0.1, 0.15) is 11.6 Å². The zero-order valence-electron chi connectivity index (χ0n) is 12.1. The van der Waals surface area contributed by atoms with E-state index >= 15 is 0 Å². The van der Waals surface area contributed by atoms with E-state index < -0.39 is 0 Å². The molecule has 5 heteroatoms. The van der Waals surface area contributed by atoms with E-state index in [9.17, 15) is 0 Å². The van der Waals surface area contributed by atoms with E-state index in [1.54, 1.807) is 6.07 Å². The maximum atomic E-state index is 5.63. The lowest BCUT2D eigenvalue weighted by atomic mass is 9.82. The molecular weight excluding hydrogens is 252 g/mol. The Kier molecular flexibility index (Phi) is 3.79. The molecule has 1 aromatic carbocycles. The van der Waals surface area contributed by atoms with Crippen LogP contribution in [0.25, 0.3) is 0 Å². The van der Waals surface area contributed by atoms with Crippen LogP contribution in [0.15, 0.2) is 30.3 Å². The molecule has 0 amide bonds.